The average molecular weight is 324 g/mol. The van der Waals surface area contributed by atoms with Crippen molar-refractivity contribution < 1.29 is 4.39 Å². The quantitative estimate of drug-likeness (QED) is 0.909. The van der Waals surface area contributed by atoms with Crippen LogP contribution in [0.3, 0.4) is 0 Å². The van der Waals surface area contributed by atoms with Gasteiger partial charge in [0.2, 0.25) is 0 Å². The van der Waals surface area contributed by atoms with Gasteiger partial charge in [0.1, 0.15) is 5.82 Å². The first-order valence-corrected chi connectivity index (χ1v) is 7.86. The number of rotatable bonds is 2. The topological polar surface area (TPSA) is 53.0 Å². The Bertz CT molecular complexity index is 549. The zero-order valence-corrected chi connectivity index (χ0v) is 13.5. The second-order valence-corrected chi connectivity index (χ2v) is 6.39. The van der Waals surface area contributed by atoms with E-state index in [9.17, 15) is 9.65 Å². The highest BCUT2D eigenvalue weighted by Crippen LogP contribution is 2.37. The van der Waals surface area contributed by atoms with Gasteiger partial charge in [0, 0.05) is 25.2 Å². The molecule has 1 aliphatic heterocycles. The lowest BCUT2D eigenvalue weighted by atomic mass is 9.80. The molecule has 1 saturated carbocycles. The van der Waals surface area contributed by atoms with Crippen LogP contribution in [0.15, 0.2) is 18.2 Å². The maximum absolute atomic E-state index is 13.2. The van der Waals surface area contributed by atoms with Crippen molar-refractivity contribution in [2.45, 2.75) is 50.1 Å². The van der Waals surface area contributed by atoms with Crippen LogP contribution in [0, 0.1) is 17.1 Å². The molecule has 120 valence electrons. The summed E-state index contributed by atoms with van der Waals surface area (Å²) >= 11 is 0. The summed E-state index contributed by atoms with van der Waals surface area (Å²) in [7, 11) is 0. The smallest absolute Gasteiger partial charge is 0.124 e. The number of hydrogen-bond acceptors (Lipinski definition) is 3. The number of likely N-dealkylation sites (tertiary alicyclic amines) is 1. The van der Waals surface area contributed by atoms with Crippen LogP contribution in [-0.4, -0.2) is 30.1 Å². The van der Waals surface area contributed by atoms with E-state index in [2.05, 4.69) is 11.0 Å². The van der Waals surface area contributed by atoms with Crippen molar-refractivity contribution in [2.24, 2.45) is 5.73 Å². The molecule has 0 aromatic heterocycles. The molecule has 1 aliphatic carbocycles. The van der Waals surface area contributed by atoms with Gasteiger partial charge in [-0.25, -0.2) is 4.39 Å². The highest BCUT2D eigenvalue weighted by Gasteiger charge is 2.31. The summed E-state index contributed by atoms with van der Waals surface area (Å²) in [5.74, 6) is 0.0721. The largest absolute Gasteiger partial charge is 0.326 e. The number of hydrogen-bond donors (Lipinski definition) is 1. The molecule has 1 heterocycles. The molecule has 5 heteroatoms. The number of nitrogens with two attached hydrogens (primary N) is 1. The Labute approximate surface area is 137 Å². The monoisotopic (exact) mass is 323 g/mol. The summed E-state index contributed by atoms with van der Waals surface area (Å²) in [6.45, 7) is 2.14. The van der Waals surface area contributed by atoms with Gasteiger partial charge in [-0.15, -0.1) is 12.4 Å². The fourth-order valence-electron chi connectivity index (χ4n) is 3.88. The molecule has 0 amide bonds. The van der Waals surface area contributed by atoms with Gasteiger partial charge >= 0.3 is 0 Å². The Hall–Kier alpha value is -1.15. The molecule has 0 bridgehead atoms. The SMILES string of the molecule is Cl.N#Cc1cc(F)ccc1C1CCC(N2CC[C@@H](N)C2)CC1. The van der Waals surface area contributed by atoms with Crippen molar-refractivity contribution in [3.05, 3.63) is 35.1 Å². The Morgan fingerprint density at radius 1 is 1.18 bits per heavy atom. The van der Waals surface area contributed by atoms with E-state index in [1.807, 2.05) is 0 Å². The van der Waals surface area contributed by atoms with E-state index in [1.54, 1.807) is 6.07 Å². The molecule has 1 atom stereocenters. The Balaban J connectivity index is 0.00000176. The highest BCUT2D eigenvalue weighted by atomic mass is 35.5. The zero-order chi connectivity index (χ0) is 14.8. The van der Waals surface area contributed by atoms with Crippen LogP contribution in [0.2, 0.25) is 0 Å². The minimum absolute atomic E-state index is 0. The summed E-state index contributed by atoms with van der Waals surface area (Å²) in [5.41, 5.74) is 7.51. The maximum Gasteiger partial charge on any atom is 0.124 e. The lowest BCUT2D eigenvalue weighted by Crippen LogP contribution is -2.37. The van der Waals surface area contributed by atoms with E-state index < -0.39 is 0 Å². The molecule has 1 aromatic rings. The van der Waals surface area contributed by atoms with Gasteiger partial charge in [-0.3, -0.25) is 4.90 Å². The first-order chi connectivity index (χ1) is 10.2. The van der Waals surface area contributed by atoms with E-state index in [1.165, 1.54) is 12.1 Å². The minimum Gasteiger partial charge on any atom is -0.326 e. The van der Waals surface area contributed by atoms with Gasteiger partial charge in [-0.05, 0) is 55.7 Å². The normalized spacial score (nSPS) is 28.9. The van der Waals surface area contributed by atoms with Crippen LogP contribution in [-0.2, 0) is 0 Å². The second-order valence-electron chi connectivity index (χ2n) is 6.39. The zero-order valence-electron chi connectivity index (χ0n) is 12.7. The summed E-state index contributed by atoms with van der Waals surface area (Å²) in [6, 6.07) is 7.75. The molecule has 2 fully saturated rings. The van der Waals surface area contributed by atoms with E-state index >= 15 is 0 Å². The molecule has 3 nitrogen and oxygen atoms in total. The Morgan fingerprint density at radius 2 is 1.91 bits per heavy atom. The predicted molar refractivity (Wildman–Crippen MR) is 87.5 cm³/mol. The van der Waals surface area contributed by atoms with Gasteiger partial charge in [-0.2, -0.15) is 5.26 Å². The van der Waals surface area contributed by atoms with Crippen molar-refractivity contribution in [3.63, 3.8) is 0 Å². The molecule has 2 N–H and O–H groups in total. The van der Waals surface area contributed by atoms with E-state index in [0.29, 0.717) is 23.6 Å². The van der Waals surface area contributed by atoms with Gasteiger partial charge in [0.05, 0.1) is 11.6 Å². The second kappa shape index (κ2) is 7.41. The summed E-state index contributed by atoms with van der Waals surface area (Å²) in [4.78, 5) is 2.52. The average Bonchev–Trinajstić information content (AvgIpc) is 2.94. The molecule has 22 heavy (non-hydrogen) atoms. The fraction of sp³-hybridized carbons (Fsp3) is 0.588. The van der Waals surface area contributed by atoms with Gasteiger partial charge in [0.15, 0.2) is 0 Å². The van der Waals surface area contributed by atoms with Crippen LogP contribution in [0.25, 0.3) is 0 Å². The molecular formula is C17H23ClFN3. The molecule has 0 radical (unpaired) electrons. The Morgan fingerprint density at radius 3 is 2.50 bits per heavy atom. The van der Waals surface area contributed by atoms with Crippen molar-refractivity contribution in [1.82, 2.24) is 4.90 Å². The van der Waals surface area contributed by atoms with Crippen LogP contribution in [0.4, 0.5) is 4.39 Å². The molecule has 0 unspecified atom stereocenters. The van der Waals surface area contributed by atoms with Crippen molar-refractivity contribution >= 4 is 12.4 Å². The van der Waals surface area contributed by atoms with Crippen LogP contribution in [0.1, 0.15) is 49.1 Å². The lowest BCUT2D eigenvalue weighted by molar-refractivity contribution is 0.180. The third-order valence-electron chi connectivity index (χ3n) is 5.04. The van der Waals surface area contributed by atoms with Crippen molar-refractivity contribution in [1.29, 1.82) is 5.26 Å². The number of nitriles is 1. The van der Waals surface area contributed by atoms with Crippen molar-refractivity contribution in [2.75, 3.05) is 13.1 Å². The molecule has 2 aliphatic rings. The van der Waals surface area contributed by atoms with Crippen LogP contribution < -0.4 is 5.73 Å². The summed E-state index contributed by atoms with van der Waals surface area (Å²) < 4.78 is 13.2. The molecule has 3 rings (SSSR count). The van der Waals surface area contributed by atoms with Crippen LogP contribution in [0.5, 0.6) is 0 Å². The first kappa shape index (κ1) is 17.2. The third-order valence-corrected chi connectivity index (χ3v) is 5.04. The molecule has 0 spiro atoms. The summed E-state index contributed by atoms with van der Waals surface area (Å²) in [6.07, 6.45) is 5.57. The number of halogens is 2. The standard InChI is InChI=1S/C17H22FN3.ClH/c18-14-3-6-17(13(9-14)10-19)12-1-4-16(5-2-12)21-8-7-15(20)11-21;/h3,6,9,12,15-16H,1-2,4-5,7-8,11,20H2;1H/t12?,15-,16?;/m1./s1. The molecule has 1 saturated heterocycles. The van der Waals surface area contributed by atoms with Gasteiger partial charge in [0.25, 0.3) is 0 Å². The van der Waals surface area contributed by atoms with Crippen LogP contribution >= 0.6 is 12.4 Å². The lowest BCUT2D eigenvalue weighted by Gasteiger charge is -2.35. The summed E-state index contributed by atoms with van der Waals surface area (Å²) in [5, 5.41) is 9.19. The third kappa shape index (κ3) is 3.60. The first-order valence-electron chi connectivity index (χ1n) is 7.86. The number of benzene rings is 1. The maximum atomic E-state index is 13.2. The van der Waals surface area contributed by atoms with Crippen molar-refractivity contribution in [3.8, 4) is 6.07 Å². The predicted octanol–water partition coefficient (Wildman–Crippen LogP) is 3.18. The van der Waals surface area contributed by atoms with E-state index in [-0.39, 0.29) is 18.2 Å². The number of nitrogens with zero attached hydrogens (tertiary/aromatic N) is 2. The Kier molecular flexibility index (Phi) is 5.80. The van der Waals surface area contributed by atoms with E-state index in [0.717, 1.165) is 50.8 Å². The fourth-order valence-corrected chi connectivity index (χ4v) is 3.88. The molecule has 1 aromatic carbocycles. The highest BCUT2D eigenvalue weighted by molar-refractivity contribution is 5.85. The van der Waals surface area contributed by atoms with Gasteiger partial charge < -0.3 is 5.73 Å². The molecular weight excluding hydrogens is 301 g/mol. The minimum atomic E-state index is -0.324. The van der Waals surface area contributed by atoms with E-state index in [4.69, 9.17) is 5.73 Å². The van der Waals surface area contributed by atoms with Gasteiger partial charge in [-0.1, -0.05) is 6.07 Å².